The number of carboxylic acid groups (broad SMARTS) is 1. The topological polar surface area (TPSA) is 82.1 Å². The van der Waals surface area contributed by atoms with Crippen molar-refractivity contribution in [3.63, 3.8) is 0 Å². The number of amides is 1. The quantitative estimate of drug-likeness (QED) is 0.656. The number of anilines is 1. The van der Waals surface area contributed by atoms with E-state index in [0.717, 1.165) is 43.2 Å². The number of hydrogen-bond acceptors (Lipinski definition) is 5. The van der Waals surface area contributed by atoms with Crippen molar-refractivity contribution in [3.05, 3.63) is 60.2 Å². The average Bonchev–Trinajstić information content (AvgIpc) is 2.78. The van der Waals surface area contributed by atoms with Gasteiger partial charge in [-0.2, -0.15) is 0 Å². The van der Waals surface area contributed by atoms with E-state index in [1.807, 2.05) is 42.5 Å². The number of hydrogen-bond donors (Lipinski definition) is 2. The lowest BCUT2D eigenvalue weighted by molar-refractivity contribution is -0.138. The fourth-order valence-corrected chi connectivity index (χ4v) is 3.74. The van der Waals surface area contributed by atoms with Crippen molar-refractivity contribution >= 4 is 17.6 Å². The molecule has 1 unspecified atom stereocenters. The Bertz CT molecular complexity index is 818. The molecule has 2 N–H and O–H groups in total. The summed E-state index contributed by atoms with van der Waals surface area (Å²) in [5.74, 6) is -0.693. The highest BCUT2D eigenvalue weighted by Crippen LogP contribution is 2.21. The molecule has 1 fully saturated rings. The third-order valence-corrected chi connectivity index (χ3v) is 5.40. The Balaban J connectivity index is 1.58. The minimum Gasteiger partial charge on any atom is -0.497 e. The minimum atomic E-state index is -1.03. The fourth-order valence-electron chi connectivity index (χ4n) is 3.74. The number of methoxy groups -OCH3 is 1. The first-order valence-corrected chi connectivity index (χ1v) is 10.2. The van der Waals surface area contributed by atoms with Gasteiger partial charge in [0.05, 0.1) is 13.0 Å². The van der Waals surface area contributed by atoms with E-state index in [1.165, 1.54) is 0 Å². The van der Waals surface area contributed by atoms with Crippen LogP contribution in [0.15, 0.2) is 54.6 Å². The second-order valence-corrected chi connectivity index (χ2v) is 7.48. The number of piperazine rings is 1. The molecule has 7 heteroatoms. The number of aliphatic carboxylic acids is 1. The molecule has 0 saturated carbocycles. The van der Waals surface area contributed by atoms with E-state index in [-0.39, 0.29) is 18.4 Å². The third-order valence-electron chi connectivity index (χ3n) is 5.40. The van der Waals surface area contributed by atoms with Crippen molar-refractivity contribution in [2.45, 2.75) is 6.42 Å². The van der Waals surface area contributed by atoms with Gasteiger partial charge in [0.25, 0.3) is 0 Å². The number of nitrogens with zero attached hydrogens (tertiary/aromatic N) is 2. The molecule has 2 aromatic rings. The molecule has 7 nitrogen and oxygen atoms in total. The van der Waals surface area contributed by atoms with Gasteiger partial charge in [-0.15, -0.1) is 0 Å². The maximum atomic E-state index is 12.6. The molecule has 3 rings (SSSR count). The molecule has 1 atom stereocenters. The fraction of sp³-hybridized carbons (Fsp3) is 0.391. The summed E-state index contributed by atoms with van der Waals surface area (Å²) in [6, 6.07) is 17.9. The molecule has 0 bridgehead atoms. The van der Waals surface area contributed by atoms with Gasteiger partial charge in [0.2, 0.25) is 5.91 Å². The first-order chi connectivity index (χ1) is 14.5. The van der Waals surface area contributed by atoms with Crippen LogP contribution in [0.3, 0.4) is 0 Å². The van der Waals surface area contributed by atoms with Crippen LogP contribution in [-0.2, 0) is 16.0 Å². The van der Waals surface area contributed by atoms with E-state index < -0.39 is 5.97 Å². The molecule has 0 aromatic heterocycles. The lowest BCUT2D eigenvalue weighted by atomic mass is 9.97. The van der Waals surface area contributed by atoms with Crippen molar-refractivity contribution in [1.82, 2.24) is 10.2 Å². The molecule has 1 aliphatic rings. The van der Waals surface area contributed by atoms with Gasteiger partial charge in [0.15, 0.2) is 0 Å². The van der Waals surface area contributed by atoms with E-state index >= 15 is 0 Å². The molecule has 0 radical (unpaired) electrons. The largest absolute Gasteiger partial charge is 0.497 e. The zero-order valence-corrected chi connectivity index (χ0v) is 17.3. The Hall–Kier alpha value is -3.06. The lowest BCUT2D eigenvalue weighted by Gasteiger charge is -2.37. The third kappa shape index (κ3) is 6.22. The van der Waals surface area contributed by atoms with Crippen LogP contribution in [-0.4, -0.2) is 68.3 Å². The van der Waals surface area contributed by atoms with Gasteiger partial charge >= 0.3 is 5.97 Å². The molecular weight excluding hydrogens is 382 g/mol. The molecule has 2 aromatic carbocycles. The minimum absolute atomic E-state index is 0.209. The Morgan fingerprint density at radius 3 is 2.30 bits per heavy atom. The van der Waals surface area contributed by atoms with Crippen LogP contribution in [0.4, 0.5) is 5.69 Å². The van der Waals surface area contributed by atoms with Gasteiger partial charge in [-0.25, -0.2) is 0 Å². The molecule has 30 heavy (non-hydrogen) atoms. The van der Waals surface area contributed by atoms with Crippen LogP contribution < -0.4 is 15.0 Å². The maximum Gasteiger partial charge on any atom is 0.322 e. The van der Waals surface area contributed by atoms with E-state index in [2.05, 4.69) is 27.2 Å². The van der Waals surface area contributed by atoms with Crippen LogP contribution in [0.25, 0.3) is 0 Å². The molecule has 1 amide bonds. The summed E-state index contributed by atoms with van der Waals surface area (Å²) in [4.78, 5) is 28.1. The summed E-state index contributed by atoms with van der Waals surface area (Å²) in [7, 11) is 1.66. The molecule has 1 heterocycles. The van der Waals surface area contributed by atoms with Gasteiger partial charge in [0, 0.05) is 38.4 Å². The normalized spacial score (nSPS) is 15.4. The Morgan fingerprint density at radius 1 is 1.03 bits per heavy atom. The van der Waals surface area contributed by atoms with Gasteiger partial charge < -0.3 is 20.1 Å². The molecule has 0 aliphatic carbocycles. The number of rotatable bonds is 9. The van der Waals surface area contributed by atoms with Gasteiger partial charge in [0.1, 0.15) is 12.3 Å². The molecule has 1 aliphatic heterocycles. The molecular formula is C23H29N3O4. The highest BCUT2D eigenvalue weighted by Gasteiger charge is 2.25. The lowest BCUT2D eigenvalue weighted by Crippen LogP contribution is -2.50. The summed E-state index contributed by atoms with van der Waals surface area (Å²) < 4.78 is 5.22. The van der Waals surface area contributed by atoms with E-state index in [9.17, 15) is 9.59 Å². The van der Waals surface area contributed by atoms with E-state index in [0.29, 0.717) is 13.0 Å². The number of carboxylic acids is 1. The molecule has 0 spiro atoms. The summed E-state index contributed by atoms with van der Waals surface area (Å²) >= 11 is 0. The van der Waals surface area contributed by atoms with Crippen LogP contribution in [0.1, 0.15) is 5.56 Å². The zero-order valence-electron chi connectivity index (χ0n) is 17.3. The Morgan fingerprint density at radius 2 is 1.70 bits per heavy atom. The van der Waals surface area contributed by atoms with Crippen LogP contribution in [0.5, 0.6) is 5.75 Å². The monoisotopic (exact) mass is 411 g/mol. The van der Waals surface area contributed by atoms with Crippen molar-refractivity contribution in [2.24, 2.45) is 5.92 Å². The van der Waals surface area contributed by atoms with Crippen molar-refractivity contribution in [3.8, 4) is 5.75 Å². The van der Waals surface area contributed by atoms with Crippen molar-refractivity contribution < 1.29 is 19.4 Å². The number of ether oxygens (including phenoxy) is 1. The van der Waals surface area contributed by atoms with Crippen LogP contribution in [0.2, 0.25) is 0 Å². The SMILES string of the molecule is COc1ccc(N2CCN(CC(Cc3ccccc3)C(=O)NCC(=O)O)CC2)cc1. The van der Waals surface area contributed by atoms with E-state index in [4.69, 9.17) is 9.84 Å². The first-order valence-electron chi connectivity index (χ1n) is 10.2. The number of carbonyl (C=O) groups is 2. The maximum absolute atomic E-state index is 12.6. The first kappa shape index (κ1) is 21.6. The summed E-state index contributed by atoms with van der Waals surface area (Å²) in [5.41, 5.74) is 2.24. The standard InChI is InChI=1S/C23H29N3O4/c1-30-21-9-7-20(8-10-21)26-13-11-25(12-14-26)17-19(23(29)24-16-22(27)28)15-18-5-3-2-4-6-18/h2-10,19H,11-17H2,1H3,(H,24,29)(H,27,28). The number of benzene rings is 2. The van der Waals surface area contributed by atoms with Gasteiger partial charge in [-0.05, 0) is 36.2 Å². The summed E-state index contributed by atoms with van der Waals surface area (Å²) in [6.45, 7) is 3.71. The predicted octanol–water partition coefficient (Wildman–Crippen LogP) is 1.88. The van der Waals surface area contributed by atoms with Gasteiger partial charge in [-0.1, -0.05) is 30.3 Å². The predicted molar refractivity (Wildman–Crippen MR) is 116 cm³/mol. The van der Waals surface area contributed by atoms with E-state index in [1.54, 1.807) is 7.11 Å². The second kappa shape index (κ2) is 10.6. The Labute approximate surface area is 177 Å². The van der Waals surface area contributed by atoms with Crippen LogP contribution in [0, 0.1) is 5.92 Å². The summed E-state index contributed by atoms with van der Waals surface area (Å²) in [6.07, 6.45) is 0.588. The Kier molecular flexibility index (Phi) is 7.68. The summed E-state index contributed by atoms with van der Waals surface area (Å²) in [5, 5.41) is 11.4. The van der Waals surface area contributed by atoms with Crippen LogP contribution >= 0.6 is 0 Å². The van der Waals surface area contributed by atoms with Gasteiger partial charge in [-0.3, -0.25) is 14.5 Å². The highest BCUT2D eigenvalue weighted by molar-refractivity contribution is 5.83. The van der Waals surface area contributed by atoms with Crippen molar-refractivity contribution in [1.29, 1.82) is 0 Å². The number of carbonyl (C=O) groups excluding carboxylic acids is 1. The zero-order chi connectivity index (χ0) is 21.3. The second-order valence-electron chi connectivity index (χ2n) is 7.48. The van der Waals surface area contributed by atoms with Crippen molar-refractivity contribution in [2.75, 3.05) is 51.3 Å². The smallest absolute Gasteiger partial charge is 0.322 e. The highest BCUT2D eigenvalue weighted by atomic mass is 16.5. The number of nitrogens with one attached hydrogen (secondary N) is 1. The molecule has 160 valence electrons. The average molecular weight is 412 g/mol. The molecule has 1 saturated heterocycles.